The molecule has 4 heteroatoms. The molecule has 0 unspecified atom stereocenters. The lowest BCUT2D eigenvalue weighted by Crippen LogP contribution is -2.15. The Morgan fingerprint density at radius 1 is 1.53 bits per heavy atom. The van der Waals surface area contributed by atoms with Crippen molar-refractivity contribution in [1.29, 1.82) is 0 Å². The highest BCUT2D eigenvalue weighted by Crippen LogP contribution is 2.55. The summed E-state index contributed by atoms with van der Waals surface area (Å²) in [6, 6.07) is 0. The van der Waals surface area contributed by atoms with Crippen LogP contribution in [0.5, 0.6) is 5.75 Å². The highest BCUT2D eigenvalue weighted by atomic mass is 79.9. The van der Waals surface area contributed by atoms with Crippen LogP contribution in [-0.2, 0) is 5.41 Å². The lowest BCUT2D eigenvalue weighted by atomic mass is 9.92. The molecule has 0 saturated heterocycles. The number of nitrogens with zero attached hydrogens (tertiary/aromatic N) is 1. The van der Waals surface area contributed by atoms with Crippen LogP contribution in [0.3, 0.4) is 0 Å². The fraction of sp³-hybridized carbons (Fsp3) is 0.545. The second kappa shape index (κ2) is 4.10. The fourth-order valence-electron chi connectivity index (χ4n) is 2.14. The molecule has 15 heavy (non-hydrogen) atoms. The van der Waals surface area contributed by atoms with Crippen molar-refractivity contribution in [3.05, 3.63) is 22.4 Å². The molecule has 2 rings (SSSR count). The lowest BCUT2D eigenvalue weighted by molar-refractivity contribution is 0.399. The van der Waals surface area contributed by atoms with Gasteiger partial charge in [-0.25, -0.2) is 0 Å². The molecule has 3 nitrogen and oxygen atoms in total. The Balaban J connectivity index is 2.42. The van der Waals surface area contributed by atoms with Gasteiger partial charge in [0, 0.05) is 21.6 Å². The summed E-state index contributed by atoms with van der Waals surface area (Å²) in [7, 11) is 1.69. The van der Waals surface area contributed by atoms with Gasteiger partial charge in [-0.1, -0.05) is 0 Å². The molecule has 1 fully saturated rings. The molecule has 0 aromatic carbocycles. The molecule has 1 saturated carbocycles. The number of ether oxygens (including phenoxy) is 1. The minimum atomic E-state index is 0.238. The summed E-state index contributed by atoms with van der Waals surface area (Å²) in [5.41, 5.74) is 7.14. The number of rotatable bonds is 4. The molecule has 1 aromatic rings. The van der Waals surface area contributed by atoms with Gasteiger partial charge in [0.15, 0.2) is 0 Å². The van der Waals surface area contributed by atoms with Gasteiger partial charge in [0.25, 0.3) is 0 Å². The summed E-state index contributed by atoms with van der Waals surface area (Å²) in [6.45, 7) is 0.720. The Bertz CT molecular complexity index is 364. The minimum Gasteiger partial charge on any atom is -0.495 e. The van der Waals surface area contributed by atoms with Crippen LogP contribution < -0.4 is 10.5 Å². The summed E-state index contributed by atoms with van der Waals surface area (Å²) in [4.78, 5) is 4.11. The molecule has 0 spiro atoms. The molecule has 1 heterocycles. The van der Waals surface area contributed by atoms with Crippen LogP contribution in [0.2, 0.25) is 0 Å². The number of nitrogens with two attached hydrogens (primary N) is 1. The van der Waals surface area contributed by atoms with Gasteiger partial charge in [-0.05, 0) is 41.7 Å². The molecule has 1 aliphatic carbocycles. The van der Waals surface area contributed by atoms with Crippen molar-refractivity contribution >= 4 is 15.9 Å². The third kappa shape index (κ3) is 1.88. The van der Waals surface area contributed by atoms with Crippen molar-refractivity contribution in [2.45, 2.75) is 24.7 Å². The number of hydrogen-bond acceptors (Lipinski definition) is 3. The third-order valence-electron chi connectivity index (χ3n) is 3.09. The predicted molar refractivity (Wildman–Crippen MR) is 63.1 cm³/mol. The minimum absolute atomic E-state index is 0.238. The maximum Gasteiger partial charge on any atom is 0.142 e. The zero-order valence-electron chi connectivity index (χ0n) is 8.79. The number of hydrogen-bond donors (Lipinski definition) is 1. The Labute approximate surface area is 98.2 Å². The normalized spacial score (nSPS) is 17.5. The van der Waals surface area contributed by atoms with Crippen molar-refractivity contribution in [2.75, 3.05) is 13.7 Å². The molecular formula is C11H15BrN2O. The van der Waals surface area contributed by atoms with Crippen LogP contribution in [0.25, 0.3) is 0 Å². The molecule has 0 aliphatic heterocycles. The van der Waals surface area contributed by atoms with Crippen molar-refractivity contribution < 1.29 is 4.74 Å². The zero-order valence-corrected chi connectivity index (χ0v) is 10.4. The highest BCUT2D eigenvalue weighted by Gasteiger charge is 2.46. The summed E-state index contributed by atoms with van der Waals surface area (Å²) in [6.07, 6.45) is 7.02. The first-order valence-electron chi connectivity index (χ1n) is 5.11. The van der Waals surface area contributed by atoms with E-state index in [4.69, 9.17) is 10.5 Å². The van der Waals surface area contributed by atoms with Gasteiger partial charge in [-0.2, -0.15) is 0 Å². The van der Waals surface area contributed by atoms with Crippen molar-refractivity contribution in [3.63, 3.8) is 0 Å². The first kappa shape index (κ1) is 10.9. The van der Waals surface area contributed by atoms with E-state index in [1.807, 2.05) is 6.20 Å². The highest BCUT2D eigenvalue weighted by molar-refractivity contribution is 9.10. The largest absolute Gasteiger partial charge is 0.495 e. The Hall–Kier alpha value is -0.610. The molecule has 1 aromatic heterocycles. The summed E-state index contributed by atoms with van der Waals surface area (Å²) in [5.74, 6) is 0.871. The van der Waals surface area contributed by atoms with E-state index in [0.717, 1.165) is 23.2 Å². The van der Waals surface area contributed by atoms with Crippen LogP contribution in [0.4, 0.5) is 0 Å². The van der Waals surface area contributed by atoms with Crippen LogP contribution >= 0.6 is 15.9 Å². The van der Waals surface area contributed by atoms with Gasteiger partial charge in [-0.3, -0.25) is 4.98 Å². The maximum absolute atomic E-state index is 5.66. The van der Waals surface area contributed by atoms with Gasteiger partial charge in [0.1, 0.15) is 5.75 Å². The van der Waals surface area contributed by atoms with E-state index in [1.54, 1.807) is 13.3 Å². The monoisotopic (exact) mass is 270 g/mol. The quantitative estimate of drug-likeness (QED) is 0.913. The Morgan fingerprint density at radius 2 is 2.27 bits per heavy atom. The molecule has 2 N–H and O–H groups in total. The topological polar surface area (TPSA) is 48.1 Å². The third-order valence-corrected chi connectivity index (χ3v) is 3.69. The van der Waals surface area contributed by atoms with Crippen molar-refractivity contribution in [2.24, 2.45) is 5.73 Å². The van der Waals surface area contributed by atoms with Crippen LogP contribution in [-0.4, -0.2) is 18.6 Å². The summed E-state index contributed by atoms with van der Waals surface area (Å²) >= 11 is 3.55. The number of methoxy groups -OCH3 is 1. The molecular weight excluding hydrogens is 256 g/mol. The molecule has 0 atom stereocenters. The van der Waals surface area contributed by atoms with Gasteiger partial charge in [0.2, 0.25) is 0 Å². The lowest BCUT2D eigenvalue weighted by Gasteiger charge is -2.19. The van der Waals surface area contributed by atoms with Crippen molar-refractivity contribution in [1.82, 2.24) is 4.98 Å². The summed E-state index contributed by atoms with van der Waals surface area (Å²) in [5, 5.41) is 0. The van der Waals surface area contributed by atoms with Gasteiger partial charge in [-0.15, -0.1) is 0 Å². The van der Waals surface area contributed by atoms with Gasteiger partial charge < -0.3 is 10.5 Å². The Morgan fingerprint density at radius 3 is 2.80 bits per heavy atom. The SMILES string of the molecule is COc1cncc(Br)c1C1(CCN)CC1. The first-order valence-corrected chi connectivity index (χ1v) is 5.91. The molecule has 82 valence electrons. The standard InChI is InChI=1S/C11H15BrN2O/c1-15-9-7-14-6-8(12)10(9)11(2-3-11)4-5-13/h6-7H,2-5,13H2,1H3. The smallest absolute Gasteiger partial charge is 0.142 e. The van der Waals surface area contributed by atoms with Crippen LogP contribution in [0, 0.1) is 0 Å². The molecule has 1 aliphatic rings. The van der Waals surface area contributed by atoms with E-state index in [1.165, 1.54) is 18.4 Å². The van der Waals surface area contributed by atoms with Gasteiger partial charge >= 0.3 is 0 Å². The van der Waals surface area contributed by atoms with E-state index < -0.39 is 0 Å². The number of halogens is 1. The Kier molecular flexibility index (Phi) is 2.98. The van der Waals surface area contributed by atoms with Gasteiger partial charge in [0.05, 0.1) is 13.3 Å². The van der Waals surface area contributed by atoms with Crippen LogP contribution in [0.15, 0.2) is 16.9 Å². The first-order chi connectivity index (χ1) is 7.23. The number of pyridine rings is 1. The summed E-state index contributed by atoms with van der Waals surface area (Å²) < 4.78 is 6.40. The predicted octanol–water partition coefficient (Wildman–Crippen LogP) is 2.23. The van der Waals surface area contributed by atoms with Crippen molar-refractivity contribution in [3.8, 4) is 5.75 Å². The van der Waals surface area contributed by atoms with E-state index in [-0.39, 0.29) is 5.41 Å². The fourth-order valence-corrected chi connectivity index (χ4v) is 2.87. The second-order valence-electron chi connectivity index (χ2n) is 4.02. The molecule has 0 radical (unpaired) electrons. The maximum atomic E-state index is 5.66. The average molecular weight is 271 g/mol. The van der Waals surface area contributed by atoms with E-state index in [0.29, 0.717) is 0 Å². The molecule has 0 amide bonds. The number of aromatic nitrogens is 1. The zero-order chi connectivity index (χ0) is 10.9. The second-order valence-corrected chi connectivity index (χ2v) is 4.87. The van der Waals surface area contributed by atoms with E-state index >= 15 is 0 Å². The van der Waals surface area contributed by atoms with Crippen LogP contribution in [0.1, 0.15) is 24.8 Å². The molecule has 0 bridgehead atoms. The van der Waals surface area contributed by atoms with E-state index in [9.17, 15) is 0 Å². The average Bonchev–Trinajstić information content (AvgIpc) is 2.98. The van der Waals surface area contributed by atoms with E-state index in [2.05, 4.69) is 20.9 Å².